The number of likely N-dealkylation sites (tertiary alicyclic amines) is 1. The van der Waals surface area contributed by atoms with E-state index in [0.29, 0.717) is 5.13 Å². The zero-order valence-corrected chi connectivity index (χ0v) is 11.0. The van der Waals surface area contributed by atoms with Crippen molar-refractivity contribution in [1.82, 2.24) is 9.88 Å². The fraction of sp³-hybridized carbons (Fsp3) is 0.750. The molecule has 0 aliphatic carbocycles. The Morgan fingerprint density at radius 1 is 1.56 bits per heavy atom. The molecule has 1 aromatic heterocycles. The number of aromatic nitrogens is 1. The van der Waals surface area contributed by atoms with Crippen LogP contribution in [0.15, 0.2) is 6.20 Å². The molecule has 1 aromatic rings. The van der Waals surface area contributed by atoms with Crippen LogP contribution in [0, 0.1) is 5.92 Å². The highest BCUT2D eigenvalue weighted by Crippen LogP contribution is 2.26. The Balaban J connectivity index is 2.01. The number of thiazole rings is 1. The van der Waals surface area contributed by atoms with Gasteiger partial charge < -0.3 is 5.73 Å². The van der Waals surface area contributed by atoms with E-state index in [1.165, 1.54) is 30.7 Å². The highest BCUT2D eigenvalue weighted by Gasteiger charge is 2.25. The molecule has 1 saturated heterocycles. The van der Waals surface area contributed by atoms with Gasteiger partial charge in [0.25, 0.3) is 0 Å². The Bertz CT molecular complexity index is 335. The Hall–Kier alpha value is -0.610. The maximum Gasteiger partial charge on any atom is 0.180 e. The van der Waals surface area contributed by atoms with Gasteiger partial charge in [-0.2, -0.15) is 0 Å². The van der Waals surface area contributed by atoms with Gasteiger partial charge in [-0.05, 0) is 25.3 Å². The average molecular weight is 239 g/mol. The number of rotatable bonds is 3. The zero-order valence-electron chi connectivity index (χ0n) is 10.1. The summed E-state index contributed by atoms with van der Waals surface area (Å²) in [5.41, 5.74) is 5.67. The molecule has 0 radical (unpaired) electrons. The first kappa shape index (κ1) is 11.9. The minimum absolute atomic E-state index is 0.688. The first-order valence-corrected chi connectivity index (χ1v) is 6.92. The molecule has 1 aliphatic heterocycles. The fourth-order valence-electron chi connectivity index (χ4n) is 2.56. The van der Waals surface area contributed by atoms with Gasteiger partial charge in [-0.25, -0.2) is 4.98 Å². The largest absolute Gasteiger partial charge is 0.375 e. The molecular formula is C12H21N3S. The second kappa shape index (κ2) is 5.15. The van der Waals surface area contributed by atoms with Gasteiger partial charge in [-0.1, -0.05) is 20.3 Å². The lowest BCUT2D eigenvalue weighted by atomic mass is 9.93. The van der Waals surface area contributed by atoms with Crippen LogP contribution < -0.4 is 5.73 Å². The molecule has 2 rings (SSSR count). The Kier molecular flexibility index (Phi) is 3.82. The lowest BCUT2D eigenvalue weighted by molar-refractivity contribution is 0.105. The summed E-state index contributed by atoms with van der Waals surface area (Å²) in [6, 6.07) is 0.733. The predicted molar refractivity (Wildman–Crippen MR) is 69.4 cm³/mol. The zero-order chi connectivity index (χ0) is 11.5. The van der Waals surface area contributed by atoms with Crippen LogP contribution in [0.25, 0.3) is 0 Å². The predicted octanol–water partition coefficient (Wildman–Crippen LogP) is 2.74. The van der Waals surface area contributed by atoms with E-state index >= 15 is 0 Å². The maximum atomic E-state index is 5.67. The van der Waals surface area contributed by atoms with Crippen LogP contribution in [0.2, 0.25) is 0 Å². The molecule has 4 heteroatoms. The smallest absolute Gasteiger partial charge is 0.180 e. The van der Waals surface area contributed by atoms with E-state index in [9.17, 15) is 0 Å². The summed E-state index contributed by atoms with van der Waals surface area (Å²) in [5, 5.41) is 0.688. The molecule has 1 aliphatic rings. The van der Waals surface area contributed by atoms with Gasteiger partial charge in [-0.3, -0.25) is 4.90 Å². The summed E-state index contributed by atoms with van der Waals surface area (Å²) in [4.78, 5) is 8.02. The highest BCUT2D eigenvalue weighted by molar-refractivity contribution is 7.15. The average Bonchev–Trinajstić information content (AvgIpc) is 2.64. The molecular weight excluding hydrogens is 218 g/mol. The van der Waals surface area contributed by atoms with E-state index in [0.717, 1.165) is 18.5 Å². The quantitative estimate of drug-likeness (QED) is 0.882. The minimum Gasteiger partial charge on any atom is -0.375 e. The molecule has 1 fully saturated rings. The van der Waals surface area contributed by atoms with Crippen molar-refractivity contribution in [2.24, 2.45) is 5.92 Å². The SMILES string of the molecule is CC(C)C1CCCCN1Cc1cnc(N)s1. The molecule has 1 unspecified atom stereocenters. The van der Waals surface area contributed by atoms with E-state index < -0.39 is 0 Å². The van der Waals surface area contributed by atoms with Crippen molar-refractivity contribution in [2.75, 3.05) is 12.3 Å². The minimum atomic E-state index is 0.688. The maximum absolute atomic E-state index is 5.67. The molecule has 0 saturated carbocycles. The first-order valence-electron chi connectivity index (χ1n) is 6.11. The number of anilines is 1. The molecule has 2 heterocycles. The van der Waals surface area contributed by atoms with Gasteiger partial charge in [0.1, 0.15) is 0 Å². The Morgan fingerprint density at radius 3 is 3.00 bits per heavy atom. The third-order valence-corrected chi connectivity index (χ3v) is 4.18. The van der Waals surface area contributed by atoms with Crippen molar-refractivity contribution < 1.29 is 0 Å². The third-order valence-electron chi connectivity index (χ3n) is 3.36. The topological polar surface area (TPSA) is 42.2 Å². The van der Waals surface area contributed by atoms with Crippen molar-refractivity contribution in [1.29, 1.82) is 0 Å². The van der Waals surface area contributed by atoms with Crippen molar-refractivity contribution in [3.63, 3.8) is 0 Å². The number of hydrogen-bond donors (Lipinski definition) is 1. The monoisotopic (exact) mass is 239 g/mol. The second-order valence-corrected chi connectivity index (χ2v) is 6.09. The Morgan fingerprint density at radius 2 is 2.38 bits per heavy atom. The van der Waals surface area contributed by atoms with Crippen LogP contribution in [0.4, 0.5) is 5.13 Å². The number of nitrogen functional groups attached to an aromatic ring is 1. The van der Waals surface area contributed by atoms with E-state index in [1.807, 2.05) is 6.20 Å². The molecule has 16 heavy (non-hydrogen) atoms. The summed E-state index contributed by atoms with van der Waals surface area (Å²) in [6.45, 7) is 6.90. The molecule has 0 spiro atoms. The van der Waals surface area contributed by atoms with Crippen LogP contribution in [0.1, 0.15) is 38.0 Å². The van der Waals surface area contributed by atoms with Gasteiger partial charge in [0.05, 0.1) is 0 Å². The van der Waals surface area contributed by atoms with Crippen LogP contribution >= 0.6 is 11.3 Å². The van der Waals surface area contributed by atoms with E-state index in [2.05, 4.69) is 23.7 Å². The summed E-state index contributed by atoms with van der Waals surface area (Å²) in [7, 11) is 0. The van der Waals surface area contributed by atoms with Crippen molar-refractivity contribution in [3.8, 4) is 0 Å². The summed E-state index contributed by atoms with van der Waals surface area (Å²) in [5.74, 6) is 0.741. The van der Waals surface area contributed by atoms with Gasteiger partial charge in [0.2, 0.25) is 0 Å². The summed E-state index contributed by atoms with van der Waals surface area (Å²) < 4.78 is 0. The molecule has 1 atom stereocenters. The van der Waals surface area contributed by atoms with Gasteiger partial charge >= 0.3 is 0 Å². The van der Waals surface area contributed by atoms with Crippen LogP contribution in [0.5, 0.6) is 0 Å². The molecule has 0 amide bonds. The number of piperidine rings is 1. The highest BCUT2D eigenvalue weighted by atomic mass is 32.1. The lowest BCUT2D eigenvalue weighted by Crippen LogP contribution is -2.41. The fourth-order valence-corrected chi connectivity index (χ4v) is 3.27. The number of nitrogens with zero attached hydrogens (tertiary/aromatic N) is 2. The van der Waals surface area contributed by atoms with Gasteiger partial charge in [0.15, 0.2) is 5.13 Å². The van der Waals surface area contributed by atoms with Crippen LogP contribution in [-0.2, 0) is 6.54 Å². The first-order chi connectivity index (χ1) is 7.66. The van der Waals surface area contributed by atoms with Gasteiger partial charge in [-0.15, -0.1) is 11.3 Å². The van der Waals surface area contributed by atoms with Crippen LogP contribution in [0.3, 0.4) is 0 Å². The standard InChI is InChI=1S/C12H21N3S/c1-9(2)11-5-3-4-6-15(11)8-10-7-14-12(13)16-10/h7,9,11H,3-6,8H2,1-2H3,(H2,13,14). The van der Waals surface area contributed by atoms with Crippen molar-refractivity contribution in [2.45, 2.75) is 45.7 Å². The normalized spacial score (nSPS) is 22.8. The Labute approximate surface area is 102 Å². The number of hydrogen-bond acceptors (Lipinski definition) is 4. The van der Waals surface area contributed by atoms with Gasteiger partial charge in [0, 0.05) is 23.7 Å². The molecule has 0 bridgehead atoms. The van der Waals surface area contributed by atoms with E-state index in [1.54, 1.807) is 11.3 Å². The number of nitrogens with two attached hydrogens (primary N) is 1. The molecule has 2 N–H and O–H groups in total. The lowest BCUT2D eigenvalue weighted by Gasteiger charge is -2.37. The van der Waals surface area contributed by atoms with Crippen molar-refractivity contribution in [3.05, 3.63) is 11.1 Å². The third kappa shape index (κ3) is 2.74. The molecule has 3 nitrogen and oxygen atoms in total. The van der Waals surface area contributed by atoms with E-state index in [4.69, 9.17) is 5.73 Å². The second-order valence-electron chi connectivity index (χ2n) is 4.94. The molecule has 0 aromatic carbocycles. The van der Waals surface area contributed by atoms with E-state index in [-0.39, 0.29) is 0 Å². The van der Waals surface area contributed by atoms with Crippen molar-refractivity contribution >= 4 is 16.5 Å². The summed E-state index contributed by atoms with van der Waals surface area (Å²) in [6.07, 6.45) is 5.97. The summed E-state index contributed by atoms with van der Waals surface area (Å²) >= 11 is 1.62. The van der Waals surface area contributed by atoms with Crippen LogP contribution in [-0.4, -0.2) is 22.5 Å². The molecule has 90 valence electrons.